The minimum absolute atomic E-state index is 0.0777. The zero-order chi connectivity index (χ0) is 46.3. The van der Waals surface area contributed by atoms with Crippen LogP contribution >= 0.6 is 0 Å². The van der Waals surface area contributed by atoms with Crippen LogP contribution in [0.4, 0.5) is 28.4 Å². The molecule has 4 nitrogen and oxygen atoms in total. The number of unbranched alkanes of at least 4 members (excludes halogenated alkanes) is 2. The molecule has 2 unspecified atom stereocenters. The largest absolute Gasteiger partial charge is 0.458 e. The van der Waals surface area contributed by atoms with Gasteiger partial charge in [0.1, 0.15) is 11.5 Å². The Morgan fingerprint density at radius 1 is 0.514 bits per heavy atom. The molecule has 0 amide bonds. The molecule has 5 heteroatoms. The summed E-state index contributed by atoms with van der Waals surface area (Å²) in [5.41, 5.74) is 20.5. The molecule has 9 aromatic carbocycles. The van der Waals surface area contributed by atoms with Crippen LogP contribution in [-0.2, 0) is 6.42 Å². The molecule has 0 N–H and O–H groups in total. The molecular formula is C65H50BN3O. The van der Waals surface area contributed by atoms with Gasteiger partial charge in [-0.1, -0.05) is 190 Å². The predicted molar refractivity (Wildman–Crippen MR) is 294 cm³/mol. The number of hydrogen-bond donors (Lipinski definition) is 0. The van der Waals surface area contributed by atoms with Crippen molar-refractivity contribution in [3.05, 3.63) is 236 Å². The lowest BCUT2D eigenvalue weighted by Crippen LogP contribution is -2.59. The summed E-state index contributed by atoms with van der Waals surface area (Å²) in [7, 11) is 0. The first kappa shape index (κ1) is 40.8. The molecule has 1 aliphatic carbocycles. The van der Waals surface area contributed by atoms with E-state index in [1.54, 1.807) is 0 Å². The van der Waals surface area contributed by atoms with E-state index in [0.717, 1.165) is 42.1 Å². The zero-order valence-corrected chi connectivity index (χ0v) is 39.2. The van der Waals surface area contributed by atoms with E-state index in [2.05, 4.69) is 246 Å². The van der Waals surface area contributed by atoms with Crippen molar-refractivity contribution >= 4 is 73.3 Å². The number of rotatable bonds is 9. The van der Waals surface area contributed by atoms with E-state index in [-0.39, 0.29) is 18.7 Å². The zero-order valence-electron chi connectivity index (χ0n) is 39.2. The first-order chi connectivity index (χ1) is 34.7. The number of benzene rings is 9. The molecule has 1 aromatic heterocycles. The van der Waals surface area contributed by atoms with Crippen LogP contribution in [-0.4, -0.2) is 17.3 Å². The summed E-state index contributed by atoms with van der Waals surface area (Å²) in [4.78, 5) is 5.21. The Balaban J connectivity index is 1.05. The molecular weight excluding hydrogens is 850 g/mol. The second-order valence-electron chi connectivity index (χ2n) is 19.3. The van der Waals surface area contributed by atoms with Crippen molar-refractivity contribution in [2.45, 2.75) is 44.6 Å². The monoisotopic (exact) mass is 899 g/mol. The van der Waals surface area contributed by atoms with E-state index in [1.165, 1.54) is 101 Å². The van der Waals surface area contributed by atoms with Gasteiger partial charge in [0.2, 0.25) is 0 Å². The minimum Gasteiger partial charge on any atom is -0.458 e. The van der Waals surface area contributed by atoms with Gasteiger partial charge in [0.25, 0.3) is 6.71 Å². The summed E-state index contributed by atoms with van der Waals surface area (Å²) in [6.07, 6.45) is 13.6. The van der Waals surface area contributed by atoms with Gasteiger partial charge in [-0.15, -0.1) is 0 Å². The fourth-order valence-corrected chi connectivity index (χ4v) is 12.3. The van der Waals surface area contributed by atoms with Crippen LogP contribution in [0, 0.1) is 0 Å². The molecule has 3 aliphatic heterocycles. The topological polar surface area (TPSA) is 20.6 Å². The van der Waals surface area contributed by atoms with Crippen LogP contribution in [0.25, 0.3) is 49.7 Å². The maximum Gasteiger partial charge on any atom is 0.256 e. The normalized spacial score (nSPS) is 15.9. The number of aryl methyl sites for hydroxylation is 1. The molecule has 70 heavy (non-hydrogen) atoms. The fraction of sp³-hybridized carbons (Fsp3) is 0.108. The lowest BCUT2D eigenvalue weighted by molar-refractivity contribution is 0.486. The second-order valence-corrected chi connectivity index (χ2v) is 19.3. The van der Waals surface area contributed by atoms with Gasteiger partial charge in [0.05, 0.1) is 22.8 Å². The van der Waals surface area contributed by atoms with Gasteiger partial charge in [0, 0.05) is 62.3 Å². The average Bonchev–Trinajstić information content (AvgIpc) is 3.94. The van der Waals surface area contributed by atoms with E-state index in [9.17, 15) is 0 Å². The third kappa shape index (κ3) is 6.31. The lowest BCUT2D eigenvalue weighted by atomic mass is 9.34. The van der Waals surface area contributed by atoms with E-state index < -0.39 is 0 Å². The highest BCUT2D eigenvalue weighted by Crippen LogP contribution is 2.52. The summed E-state index contributed by atoms with van der Waals surface area (Å²) in [5.74, 6) is 2.12. The first-order valence-electron chi connectivity index (χ1n) is 25.1. The van der Waals surface area contributed by atoms with Crippen molar-refractivity contribution in [3.8, 4) is 39.4 Å². The minimum atomic E-state index is -0.0777. The molecule has 0 bridgehead atoms. The summed E-state index contributed by atoms with van der Waals surface area (Å²) >= 11 is 0. The number of anilines is 5. The smallest absolute Gasteiger partial charge is 0.256 e. The van der Waals surface area contributed by atoms with Crippen LogP contribution in [0.2, 0.25) is 0 Å². The third-order valence-corrected chi connectivity index (χ3v) is 15.4. The molecule has 10 aromatic rings. The maximum absolute atomic E-state index is 7.40. The van der Waals surface area contributed by atoms with Crippen LogP contribution in [0.1, 0.15) is 43.2 Å². The Kier molecular flexibility index (Phi) is 9.58. The average molecular weight is 900 g/mol. The SMILES string of the molecule is CCCCCc1cc2c3c(c1)N(c1c(-c4ccccc4)cccc1-c1ccccc1)c1cc(N4c5ccccc5C5C=CC=CC54)ccc1B3c1ccc(-n3c4ccccc4c4ccccc43)cc1O2. The predicted octanol–water partition coefficient (Wildman–Crippen LogP) is 15.0. The molecule has 334 valence electrons. The van der Waals surface area contributed by atoms with Gasteiger partial charge in [0.15, 0.2) is 0 Å². The molecule has 0 saturated carbocycles. The van der Waals surface area contributed by atoms with Gasteiger partial charge < -0.3 is 19.1 Å². The number of para-hydroxylation sites is 4. The van der Waals surface area contributed by atoms with Gasteiger partial charge in [-0.3, -0.25) is 0 Å². The Bertz CT molecular complexity index is 3650. The molecule has 0 saturated heterocycles. The van der Waals surface area contributed by atoms with E-state index in [4.69, 9.17) is 4.74 Å². The number of hydrogen-bond acceptors (Lipinski definition) is 3. The molecule has 4 aliphatic rings. The quantitative estimate of drug-likeness (QED) is 0.106. The van der Waals surface area contributed by atoms with Gasteiger partial charge in [-0.25, -0.2) is 0 Å². The summed E-state index contributed by atoms with van der Waals surface area (Å²) < 4.78 is 9.81. The molecule has 4 heterocycles. The highest BCUT2D eigenvalue weighted by atomic mass is 16.5. The van der Waals surface area contributed by atoms with Crippen molar-refractivity contribution in [1.29, 1.82) is 0 Å². The van der Waals surface area contributed by atoms with Gasteiger partial charge in [-0.2, -0.15) is 0 Å². The van der Waals surface area contributed by atoms with Crippen molar-refractivity contribution in [3.63, 3.8) is 0 Å². The fourth-order valence-electron chi connectivity index (χ4n) is 12.3. The number of aromatic nitrogens is 1. The summed E-state index contributed by atoms with van der Waals surface area (Å²) in [6.45, 7) is 2.21. The van der Waals surface area contributed by atoms with Gasteiger partial charge in [-0.05, 0) is 100 Å². The molecule has 0 fully saturated rings. The van der Waals surface area contributed by atoms with Crippen LogP contribution in [0.3, 0.4) is 0 Å². The van der Waals surface area contributed by atoms with Gasteiger partial charge >= 0.3 is 0 Å². The van der Waals surface area contributed by atoms with Crippen LogP contribution in [0.5, 0.6) is 11.5 Å². The Morgan fingerprint density at radius 3 is 1.91 bits per heavy atom. The summed E-state index contributed by atoms with van der Waals surface area (Å²) in [5, 5.41) is 2.50. The number of allylic oxidation sites excluding steroid dienone is 2. The number of fused-ring (bicyclic) bond motifs is 10. The van der Waals surface area contributed by atoms with E-state index in [1.807, 2.05) is 0 Å². The summed E-state index contributed by atoms with van der Waals surface area (Å²) in [6, 6.07) is 74.6. The Hall–Kier alpha value is -8.28. The maximum atomic E-state index is 7.40. The third-order valence-electron chi connectivity index (χ3n) is 15.4. The molecule has 14 rings (SSSR count). The highest BCUT2D eigenvalue weighted by molar-refractivity contribution is 6.99. The number of ether oxygens (including phenoxy) is 1. The van der Waals surface area contributed by atoms with Crippen molar-refractivity contribution in [1.82, 2.24) is 4.57 Å². The van der Waals surface area contributed by atoms with E-state index in [0.29, 0.717) is 0 Å². The van der Waals surface area contributed by atoms with Crippen LogP contribution < -0.4 is 30.9 Å². The number of nitrogens with zero attached hydrogens (tertiary/aromatic N) is 3. The Morgan fingerprint density at radius 2 is 1.17 bits per heavy atom. The highest BCUT2D eigenvalue weighted by Gasteiger charge is 2.44. The van der Waals surface area contributed by atoms with Crippen LogP contribution in [0.15, 0.2) is 224 Å². The van der Waals surface area contributed by atoms with Crippen molar-refractivity contribution in [2.75, 3.05) is 9.80 Å². The Labute approximate surface area is 410 Å². The molecule has 0 radical (unpaired) electrons. The van der Waals surface area contributed by atoms with Crippen molar-refractivity contribution in [2.24, 2.45) is 0 Å². The molecule has 0 spiro atoms. The second kappa shape index (κ2) is 16.5. The van der Waals surface area contributed by atoms with Crippen molar-refractivity contribution < 1.29 is 4.74 Å². The standard InChI is InChI=1S/C65H50BN3O/c1-2-3-6-20-43-39-61-64-63(40-43)70-62-42-47(68-58-33-17-13-27-52(58)53-28-14-18-34-59(53)68)36-38-55(62)66(64)54-37-35-46(67-56-31-15-11-25-50(56)51-26-12-16-32-57(51)67)41-60(54)69(61)65-48(44-21-7-4-8-22-44)29-19-30-49(65)45-23-9-5-10-24-45/h4-5,7-19,21-42,50,56H,2-3,6,20H2,1H3. The first-order valence-corrected chi connectivity index (χ1v) is 25.1. The lowest BCUT2D eigenvalue weighted by Gasteiger charge is -2.42. The van der Waals surface area contributed by atoms with E-state index >= 15 is 0 Å². The molecule has 2 atom stereocenters.